The van der Waals surface area contributed by atoms with Crippen LogP contribution in [0.25, 0.3) is 0 Å². The lowest BCUT2D eigenvalue weighted by Crippen LogP contribution is -2.41. The molecule has 3 atom stereocenters. The first kappa shape index (κ1) is 11.6. The third kappa shape index (κ3) is 2.28. The predicted octanol–water partition coefficient (Wildman–Crippen LogP) is 3.38. The summed E-state index contributed by atoms with van der Waals surface area (Å²) in [5, 5.41) is 0. The quantitative estimate of drug-likeness (QED) is 0.722. The standard InChI is InChI=1S/C14H20O2/c1-10-6-5-7-13(8-10)14(4)9-11(2)15-12(3)16-14/h5-8,11-12H,9H2,1-4H3. The summed E-state index contributed by atoms with van der Waals surface area (Å²) in [6.07, 6.45) is 1.02. The molecule has 3 unspecified atom stereocenters. The van der Waals surface area contributed by atoms with Crippen molar-refractivity contribution < 1.29 is 9.47 Å². The molecule has 0 N–H and O–H groups in total. The normalized spacial score (nSPS) is 35.0. The first-order chi connectivity index (χ1) is 7.49. The third-order valence-electron chi connectivity index (χ3n) is 3.16. The molecule has 0 radical (unpaired) electrons. The van der Waals surface area contributed by atoms with Crippen LogP contribution in [0, 0.1) is 6.92 Å². The molecule has 1 aliphatic rings. The van der Waals surface area contributed by atoms with E-state index in [0.29, 0.717) is 0 Å². The summed E-state index contributed by atoms with van der Waals surface area (Å²) in [4.78, 5) is 0. The van der Waals surface area contributed by atoms with Crippen LogP contribution in [-0.4, -0.2) is 12.4 Å². The molecule has 0 bridgehead atoms. The number of rotatable bonds is 1. The van der Waals surface area contributed by atoms with Gasteiger partial charge in [0.15, 0.2) is 6.29 Å². The molecule has 2 nitrogen and oxygen atoms in total. The highest BCUT2D eigenvalue weighted by Gasteiger charge is 2.36. The van der Waals surface area contributed by atoms with Gasteiger partial charge >= 0.3 is 0 Å². The topological polar surface area (TPSA) is 18.5 Å². The first-order valence-electron chi connectivity index (χ1n) is 5.90. The zero-order chi connectivity index (χ0) is 11.8. The van der Waals surface area contributed by atoms with Gasteiger partial charge in [-0.15, -0.1) is 0 Å². The van der Waals surface area contributed by atoms with Gasteiger partial charge in [-0.05, 0) is 33.3 Å². The fraction of sp³-hybridized carbons (Fsp3) is 0.571. The monoisotopic (exact) mass is 220 g/mol. The van der Waals surface area contributed by atoms with Gasteiger partial charge in [0.05, 0.1) is 11.7 Å². The molecule has 0 aromatic heterocycles. The summed E-state index contributed by atoms with van der Waals surface area (Å²) in [7, 11) is 0. The van der Waals surface area contributed by atoms with Crippen LogP contribution in [0.5, 0.6) is 0 Å². The van der Waals surface area contributed by atoms with E-state index >= 15 is 0 Å². The highest BCUT2D eigenvalue weighted by atomic mass is 16.7. The van der Waals surface area contributed by atoms with Crippen molar-refractivity contribution in [3.05, 3.63) is 35.4 Å². The second kappa shape index (κ2) is 4.19. The summed E-state index contributed by atoms with van der Waals surface area (Å²) in [5.74, 6) is 0. The molecular weight excluding hydrogens is 200 g/mol. The molecule has 2 rings (SSSR count). The van der Waals surface area contributed by atoms with Crippen LogP contribution in [-0.2, 0) is 15.1 Å². The van der Waals surface area contributed by atoms with Gasteiger partial charge in [0.1, 0.15) is 0 Å². The lowest BCUT2D eigenvalue weighted by Gasteiger charge is -2.41. The van der Waals surface area contributed by atoms with Crippen molar-refractivity contribution in [1.82, 2.24) is 0 Å². The van der Waals surface area contributed by atoms with Crippen LogP contribution < -0.4 is 0 Å². The lowest BCUT2D eigenvalue weighted by atomic mass is 9.88. The number of aryl methyl sites for hydroxylation is 1. The van der Waals surface area contributed by atoms with Crippen molar-refractivity contribution in [2.24, 2.45) is 0 Å². The van der Waals surface area contributed by atoms with Crippen molar-refractivity contribution in [3.63, 3.8) is 0 Å². The van der Waals surface area contributed by atoms with E-state index in [1.807, 2.05) is 6.92 Å². The summed E-state index contributed by atoms with van der Waals surface area (Å²) < 4.78 is 11.6. The van der Waals surface area contributed by atoms with E-state index in [1.54, 1.807) is 0 Å². The minimum absolute atomic E-state index is 0.130. The summed E-state index contributed by atoms with van der Waals surface area (Å²) in [5.41, 5.74) is 2.30. The van der Waals surface area contributed by atoms with E-state index in [-0.39, 0.29) is 18.0 Å². The van der Waals surface area contributed by atoms with Crippen LogP contribution in [0.15, 0.2) is 24.3 Å². The van der Waals surface area contributed by atoms with Crippen molar-refractivity contribution in [2.75, 3.05) is 0 Å². The Bertz CT molecular complexity index is 363. The van der Waals surface area contributed by atoms with E-state index < -0.39 is 0 Å². The number of hydrogen-bond acceptors (Lipinski definition) is 2. The Balaban J connectivity index is 2.30. The maximum Gasteiger partial charge on any atom is 0.156 e. The maximum atomic E-state index is 5.96. The Hall–Kier alpha value is -0.860. The highest BCUT2D eigenvalue weighted by Crippen LogP contribution is 2.36. The zero-order valence-electron chi connectivity index (χ0n) is 10.5. The minimum Gasteiger partial charge on any atom is -0.350 e. The molecule has 1 saturated heterocycles. The fourth-order valence-electron chi connectivity index (χ4n) is 2.53. The summed E-state index contributed by atoms with van der Waals surface area (Å²) in [6.45, 7) is 8.33. The number of ether oxygens (including phenoxy) is 2. The van der Waals surface area contributed by atoms with Gasteiger partial charge < -0.3 is 9.47 Å². The van der Waals surface area contributed by atoms with Crippen LogP contribution in [0.2, 0.25) is 0 Å². The molecule has 0 spiro atoms. The SMILES string of the molecule is Cc1cccc(C2(C)CC(C)OC(C)O2)c1. The van der Waals surface area contributed by atoms with Gasteiger partial charge in [0.2, 0.25) is 0 Å². The van der Waals surface area contributed by atoms with E-state index in [9.17, 15) is 0 Å². The zero-order valence-corrected chi connectivity index (χ0v) is 10.5. The van der Waals surface area contributed by atoms with Gasteiger partial charge in [-0.1, -0.05) is 29.8 Å². The molecule has 16 heavy (non-hydrogen) atoms. The summed E-state index contributed by atoms with van der Waals surface area (Å²) in [6, 6.07) is 8.53. The van der Waals surface area contributed by atoms with Crippen LogP contribution in [0.1, 0.15) is 38.3 Å². The van der Waals surface area contributed by atoms with Crippen molar-refractivity contribution in [2.45, 2.75) is 52.1 Å². The molecule has 1 aliphatic heterocycles. The van der Waals surface area contributed by atoms with Crippen LogP contribution in [0.4, 0.5) is 0 Å². The molecular formula is C14H20O2. The average Bonchev–Trinajstić information content (AvgIpc) is 2.15. The second-order valence-corrected chi connectivity index (χ2v) is 4.94. The molecule has 0 saturated carbocycles. The van der Waals surface area contributed by atoms with Crippen molar-refractivity contribution >= 4 is 0 Å². The molecule has 2 heteroatoms. The Labute approximate surface area is 97.6 Å². The Kier molecular flexibility index (Phi) is 3.04. The average molecular weight is 220 g/mol. The van der Waals surface area contributed by atoms with Crippen molar-refractivity contribution in [3.8, 4) is 0 Å². The van der Waals surface area contributed by atoms with Gasteiger partial charge in [-0.3, -0.25) is 0 Å². The molecule has 1 fully saturated rings. The molecule has 1 heterocycles. The smallest absolute Gasteiger partial charge is 0.156 e. The van der Waals surface area contributed by atoms with Gasteiger partial charge in [-0.25, -0.2) is 0 Å². The van der Waals surface area contributed by atoms with Crippen LogP contribution >= 0.6 is 0 Å². The van der Waals surface area contributed by atoms with E-state index in [0.717, 1.165) is 6.42 Å². The van der Waals surface area contributed by atoms with E-state index in [4.69, 9.17) is 9.47 Å². The van der Waals surface area contributed by atoms with Crippen LogP contribution in [0.3, 0.4) is 0 Å². The molecule has 0 aliphatic carbocycles. The largest absolute Gasteiger partial charge is 0.350 e. The summed E-state index contributed by atoms with van der Waals surface area (Å²) >= 11 is 0. The molecule has 88 valence electrons. The first-order valence-corrected chi connectivity index (χ1v) is 5.90. The number of hydrogen-bond donors (Lipinski definition) is 0. The highest BCUT2D eigenvalue weighted by molar-refractivity contribution is 5.27. The second-order valence-electron chi connectivity index (χ2n) is 4.94. The Morgan fingerprint density at radius 3 is 2.69 bits per heavy atom. The van der Waals surface area contributed by atoms with E-state index in [1.165, 1.54) is 11.1 Å². The number of benzene rings is 1. The molecule has 0 amide bonds. The van der Waals surface area contributed by atoms with Crippen molar-refractivity contribution in [1.29, 1.82) is 0 Å². The molecule has 1 aromatic rings. The predicted molar refractivity (Wildman–Crippen MR) is 64.2 cm³/mol. The van der Waals surface area contributed by atoms with E-state index in [2.05, 4.69) is 45.0 Å². The minimum atomic E-state index is -0.219. The Morgan fingerprint density at radius 2 is 2.06 bits per heavy atom. The fourth-order valence-corrected chi connectivity index (χ4v) is 2.53. The van der Waals surface area contributed by atoms with Gasteiger partial charge in [-0.2, -0.15) is 0 Å². The van der Waals surface area contributed by atoms with Gasteiger partial charge in [0.25, 0.3) is 0 Å². The molecule has 1 aromatic carbocycles. The Morgan fingerprint density at radius 1 is 1.31 bits per heavy atom. The lowest BCUT2D eigenvalue weighted by molar-refractivity contribution is -0.270. The third-order valence-corrected chi connectivity index (χ3v) is 3.16. The van der Waals surface area contributed by atoms with Gasteiger partial charge in [0, 0.05) is 6.42 Å². The maximum absolute atomic E-state index is 5.96.